The van der Waals surface area contributed by atoms with Crippen LogP contribution in [0.2, 0.25) is 0 Å². The minimum Gasteiger partial charge on any atom is -0.480 e. The summed E-state index contributed by atoms with van der Waals surface area (Å²) in [5, 5.41) is 29.0. The third-order valence-electron chi connectivity index (χ3n) is 4.22. The van der Waals surface area contributed by atoms with E-state index >= 15 is 0 Å². The molecule has 0 aromatic heterocycles. The van der Waals surface area contributed by atoms with Gasteiger partial charge in [-0.1, -0.05) is 6.08 Å². The second kappa shape index (κ2) is 5.87. The van der Waals surface area contributed by atoms with E-state index in [4.69, 9.17) is 9.84 Å². The largest absolute Gasteiger partial charge is 0.480 e. The molecule has 4 atom stereocenters. The number of aliphatic hydroxyl groups is 2. The number of aliphatic carboxylic acids is 1. The van der Waals surface area contributed by atoms with Crippen LogP contribution in [-0.2, 0) is 14.3 Å². The topological polar surface area (TPSA) is 107 Å². The van der Waals surface area contributed by atoms with E-state index in [1.807, 2.05) is 0 Å². The number of allylic oxidation sites excluding steroid dienone is 1. The van der Waals surface area contributed by atoms with Gasteiger partial charge in [-0.2, -0.15) is 0 Å². The molecule has 0 unspecified atom stereocenters. The first-order valence-corrected chi connectivity index (χ1v) is 6.70. The van der Waals surface area contributed by atoms with Crippen molar-refractivity contribution >= 4 is 11.9 Å². The molecule has 1 aliphatic heterocycles. The van der Waals surface area contributed by atoms with E-state index in [9.17, 15) is 19.8 Å². The molecule has 21 heavy (non-hydrogen) atoms. The molecule has 2 rings (SSSR count). The van der Waals surface area contributed by atoms with Gasteiger partial charge in [0.2, 0.25) is 0 Å². The van der Waals surface area contributed by atoms with Crippen molar-refractivity contribution in [3.05, 3.63) is 23.4 Å². The highest BCUT2D eigenvalue weighted by Gasteiger charge is 2.46. The molecule has 116 valence electrons. The first kappa shape index (κ1) is 15.5. The molecule has 0 saturated carbocycles. The van der Waals surface area contributed by atoms with E-state index in [-0.39, 0.29) is 12.5 Å². The molecule has 0 spiro atoms. The molecule has 7 heteroatoms. The van der Waals surface area contributed by atoms with Crippen molar-refractivity contribution in [1.82, 2.24) is 4.90 Å². The number of esters is 1. The fourth-order valence-corrected chi connectivity index (χ4v) is 3.02. The zero-order valence-electron chi connectivity index (χ0n) is 11.9. The van der Waals surface area contributed by atoms with E-state index in [1.54, 1.807) is 6.08 Å². The van der Waals surface area contributed by atoms with E-state index in [1.165, 1.54) is 25.1 Å². The zero-order chi connectivity index (χ0) is 15.7. The Morgan fingerprint density at radius 3 is 2.71 bits per heavy atom. The summed E-state index contributed by atoms with van der Waals surface area (Å²) < 4.78 is 4.74. The first-order chi connectivity index (χ1) is 9.92. The normalized spacial score (nSPS) is 29.3. The highest BCUT2D eigenvalue weighted by atomic mass is 16.5. The molecule has 0 aromatic carbocycles. The van der Waals surface area contributed by atoms with Crippen LogP contribution >= 0.6 is 0 Å². The number of hydrogen-bond acceptors (Lipinski definition) is 6. The van der Waals surface area contributed by atoms with Gasteiger partial charge in [-0.25, -0.2) is 9.59 Å². The van der Waals surface area contributed by atoms with E-state index in [0.29, 0.717) is 17.6 Å². The van der Waals surface area contributed by atoms with Crippen LogP contribution in [0.15, 0.2) is 23.4 Å². The predicted molar refractivity (Wildman–Crippen MR) is 71.8 cm³/mol. The van der Waals surface area contributed by atoms with Crippen LogP contribution in [-0.4, -0.2) is 58.1 Å². The van der Waals surface area contributed by atoms with Crippen LogP contribution in [0, 0.1) is 11.8 Å². The van der Waals surface area contributed by atoms with Crippen LogP contribution in [0.5, 0.6) is 0 Å². The Bertz CT molecular complexity index is 512. The molecule has 7 nitrogen and oxygen atoms in total. The fourth-order valence-electron chi connectivity index (χ4n) is 3.02. The smallest absolute Gasteiger partial charge is 0.335 e. The van der Waals surface area contributed by atoms with Gasteiger partial charge < -0.3 is 25.0 Å². The van der Waals surface area contributed by atoms with Crippen molar-refractivity contribution in [3.63, 3.8) is 0 Å². The number of carbonyl (C=O) groups is 2. The van der Waals surface area contributed by atoms with E-state index in [2.05, 4.69) is 0 Å². The Kier molecular flexibility index (Phi) is 4.34. The summed E-state index contributed by atoms with van der Waals surface area (Å²) >= 11 is 0. The molecule has 0 amide bonds. The molecule has 1 aliphatic carbocycles. The van der Waals surface area contributed by atoms with Crippen molar-refractivity contribution in [3.8, 4) is 0 Å². The molecule has 0 bridgehead atoms. The number of nitrogens with zero attached hydrogens (tertiary/aromatic N) is 1. The number of hydrogen-bond donors (Lipinski definition) is 3. The number of carbonyl (C=O) groups excluding carboxylic acids is 1. The molecule has 0 radical (unpaired) electrons. The van der Waals surface area contributed by atoms with Gasteiger partial charge >= 0.3 is 11.9 Å². The SMILES string of the molecule is COC(=O)C1=CN([C@@H](C)C(=O)O)[C@@H](O)[C@@H]2C(CO)=CC[C@H]12. The monoisotopic (exact) mass is 297 g/mol. The second-order valence-electron chi connectivity index (χ2n) is 5.26. The maximum Gasteiger partial charge on any atom is 0.335 e. The highest BCUT2D eigenvalue weighted by Crippen LogP contribution is 2.43. The summed E-state index contributed by atoms with van der Waals surface area (Å²) in [4.78, 5) is 24.3. The standard InChI is InChI=1S/C14H19NO6/c1-7(13(18)19)15-5-10(14(20)21-2)9-4-3-8(6-16)11(9)12(15)17/h3,5,7,9,11-12,16-17H,4,6H2,1-2H3,(H,18,19)/t7-,9+,11+,12-/m0/s1. The van der Waals surface area contributed by atoms with Crippen molar-refractivity contribution in [1.29, 1.82) is 0 Å². The van der Waals surface area contributed by atoms with Crippen LogP contribution in [0.25, 0.3) is 0 Å². The van der Waals surface area contributed by atoms with Gasteiger partial charge in [0, 0.05) is 18.0 Å². The van der Waals surface area contributed by atoms with Crippen LogP contribution in [0.1, 0.15) is 13.3 Å². The maximum absolute atomic E-state index is 11.9. The molecular weight excluding hydrogens is 278 g/mol. The Hall–Kier alpha value is -1.86. The summed E-state index contributed by atoms with van der Waals surface area (Å²) in [5.41, 5.74) is 0.935. The van der Waals surface area contributed by atoms with Crippen LogP contribution in [0.4, 0.5) is 0 Å². The van der Waals surface area contributed by atoms with Crippen molar-refractivity contribution in [2.75, 3.05) is 13.7 Å². The number of carboxylic acids is 1. The Labute approximate surface area is 122 Å². The second-order valence-corrected chi connectivity index (χ2v) is 5.26. The number of fused-ring (bicyclic) bond motifs is 1. The molecule has 1 heterocycles. The number of aliphatic hydroxyl groups excluding tert-OH is 2. The quantitative estimate of drug-likeness (QED) is 0.483. The summed E-state index contributed by atoms with van der Waals surface area (Å²) in [6.45, 7) is 1.19. The average molecular weight is 297 g/mol. The van der Waals surface area contributed by atoms with Gasteiger partial charge in [-0.15, -0.1) is 0 Å². The third-order valence-corrected chi connectivity index (χ3v) is 4.22. The van der Waals surface area contributed by atoms with Gasteiger partial charge in [0.1, 0.15) is 12.3 Å². The van der Waals surface area contributed by atoms with E-state index < -0.39 is 30.1 Å². The highest BCUT2D eigenvalue weighted by molar-refractivity contribution is 5.89. The van der Waals surface area contributed by atoms with Gasteiger partial charge in [0.05, 0.1) is 19.3 Å². The molecular formula is C14H19NO6. The summed E-state index contributed by atoms with van der Waals surface area (Å²) in [6.07, 6.45) is 2.55. The fraction of sp³-hybridized carbons (Fsp3) is 0.571. The Balaban J connectivity index is 2.43. The Morgan fingerprint density at radius 1 is 1.52 bits per heavy atom. The van der Waals surface area contributed by atoms with E-state index in [0.717, 1.165) is 0 Å². The lowest BCUT2D eigenvalue weighted by Crippen LogP contribution is -2.51. The summed E-state index contributed by atoms with van der Waals surface area (Å²) in [5.74, 6) is -2.46. The lowest BCUT2D eigenvalue weighted by Gasteiger charge is -2.42. The Morgan fingerprint density at radius 2 is 2.19 bits per heavy atom. The zero-order valence-corrected chi connectivity index (χ0v) is 11.9. The minimum atomic E-state index is -1.11. The maximum atomic E-state index is 11.9. The van der Waals surface area contributed by atoms with Gasteiger partial charge in [-0.05, 0) is 18.9 Å². The van der Waals surface area contributed by atoms with Crippen molar-refractivity contribution in [2.24, 2.45) is 11.8 Å². The lowest BCUT2D eigenvalue weighted by atomic mass is 9.80. The first-order valence-electron chi connectivity index (χ1n) is 6.70. The van der Waals surface area contributed by atoms with Gasteiger partial charge in [-0.3, -0.25) is 0 Å². The number of carboxylic acid groups (broad SMARTS) is 1. The number of rotatable bonds is 4. The predicted octanol–water partition coefficient (Wildman–Crippen LogP) is -0.295. The summed E-state index contributed by atoms with van der Waals surface area (Å²) in [6, 6.07) is -0.999. The third kappa shape index (κ3) is 2.54. The van der Waals surface area contributed by atoms with Crippen molar-refractivity contribution in [2.45, 2.75) is 25.6 Å². The molecule has 2 aliphatic rings. The average Bonchev–Trinajstić information content (AvgIpc) is 2.90. The van der Waals surface area contributed by atoms with Gasteiger partial charge in [0.15, 0.2) is 0 Å². The molecule has 0 fully saturated rings. The minimum absolute atomic E-state index is 0.234. The van der Waals surface area contributed by atoms with Crippen molar-refractivity contribution < 1.29 is 29.6 Å². The molecule has 0 saturated heterocycles. The van der Waals surface area contributed by atoms with Crippen LogP contribution < -0.4 is 0 Å². The lowest BCUT2D eigenvalue weighted by molar-refractivity contribution is -0.149. The number of methoxy groups -OCH3 is 1. The number of ether oxygens (including phenoxy) is 1. The van der Waals surface area contributed by atoms with Crippen LogP contribution in [0.3, 0.4) is 0 Å². The molecule has 3 N–H and O–H groups in total. The summed E-state index contributed by atoms with van der Waals surface area (Å²) in [7, 11) is 1.25. The van der Waals surface area contributed by atoms with Gasteiger partial charge in [0.25, 0.3) is 0 Å². The molecule has 0 aromatic rings.